The molecule has 5 rings (SSSR count). The zero-order valence-corrected chi connectivity index (χ0v) is 16.4. The van der Waals surface area contributed by atoms with Crippen molar-refractivity contribution in [2.24, 2.45) is 5.92 Å². The van der Waals surface area contributed by atoms with Gasteiger partial charge in [-0.2, -0.15) is 0 Å². The molecule has 2 bridgehead atoms. The van der Waals surface area contributed by atoms with E-state index >= 15 is 0 Å². The van der Waals surface area contributed by atoms with E-state index in [1.165, 1.54) is 12.8 Å². The van der Waals surface area contributed by atoms with Gasteiger partial charge in [-0.1, -0.05) is 30.2 Å². The Kier molecular flexibility index (Phi) is 5.27. The van der Waals surface area contributed by atoms with Crippen LogP contribution in [0.4, 0.5) is 0 Å². The van der Waals surface area contributed by atoms with Gasteiger partial charge in [-0.3, -0.25) is 9.69 Å². The number of ether oxygens (including phenoxy) is 1. The molecule has 0 spiro atoms. The molecule has 3 saturated heterocycles. The second kappa shape index (κ2) is 7.49. The van der Waals surface area contributed by atoms with Crippen molar-refractivity contribution in [1.82, 2.24) is 9.80 Å². The van der Waals surface area contributed by atoms with Crippen molar-refractivity contribution in [3.05, 3.63) is 34.9 Å². The number of fused-ring (bicyclic) bond motifs is 4. The molecule has 4 aliphatic rings. The number of hydrogen-bond acceptors (Lipinski definition) is 3. The monoisotopic (exact) mass is 376 g/mol. The maximum Gasteiger partial charge on any atom is 0.233 e. The maximum atomic E-state index is 13.6. The van der Waals surface area contributed by atoms with Crippen molar-refractivity contribution in [2.75, 3.05) is 39.9 Å². The number of halogens is 1. The zero-order valence-electron chi connectivity index (χ0n) is 15.6. The van der Waals surface area contributed by atoms with Crippen LogP contribution in [-0.4, -0.2) is 61.6 Å². The Morgan fingerprint density at radius 3 is 2.62 bits per heavy atom. The first-order chi connectivity index (χ1) is 12.6. The van der Waals surface area contributed by atoms with Crippen LogP contribution >= 0.6 is 11.6 Å². The van der Waals surface area contributed by atoms with E-state index in [2.05, 4.69) is 21.9 Å². The molecule has 4 nitrogen and oxygen atoms in total. The minimum atomic E-state index is -0.314. The van der Waals surface area contributed by atoms with Crippen molar-refractivity contribution >= 4 is 17.5 Å². The number of hydrogen-bond donors (Lipinski definition) is 0. The molecule has 1 aliphatic carbocycles. The number of nitrogens with zero attached hydrogens (tertiary/aromatic N) is 2. The van der Waals surface area contributed by atoms with Gasteiger partial charge < -0.3 is 9.64 Å². The number of amides is 1. The number of carbonyl (C=O) groups is 1. The Hall–Kier alpha value is -1.10. The van der Waals surface area contributed by atoms with E-state index in [1.807, 2.05) is 12.1 Å². The molecule has 0 unspecified atom stereocenters. The Labute approximate surface area is 161 Å². The zero-order chi connectivity index (χ0) is 18.1. The number of piperidine rings is 1. The van der Waals surface area contributed by atoms with Gasteiger partial charge in [0.05, 0.1) is 12.0 Å². The van der Waals surface area contributed by atoms with Gasteiger partial charge in [0.25, 0.3) is 0 Å². The highest BCUT2D eigenvalue weighted by atomic mass is 35.5. The van der Waals surface area contributed by atoms with Gasteiger partial charge in [0.15, 0.2) is 0 Å². The molecule has 2 atom stereocenters. The molecule has 0 aromatic heterocycles. The van der Waals surface area contributed by atoms with Crippen LogP contribution in [0.1, 0.15) is 37.7 Å². The van der Waals surface area contributed by atoms with Crippen molar-refractivity contribution in [1.29, 1.82) is 0 Å². The molecule has 1 saturated carbocycles. The standard InChI is InChI=1S/C21H29ClN2O2/c1-26-12-11-23-13-16-3-8-19(23)15-24(14-16)20(25)21(9-2-10-21)17-4-6-18(22)7-5-17/h4-7,16,19H,2-3,8-15H2,1H3/t16-,19-/m1/s1. The van der Waals surface area contributed by atoms with E-state index in [4.69, 9.17) is 16.3 Å². The molecule has 142 valence electrons. The lowest BCUT2D eigenvalue weighted by Gasteiger charge is -2.44. The maximum absolute atomic E-state index is 13.6. The minimum absolute atomic E-state index is 0.314. The average Bonchev–Trinajstić information content (AvgIpc) is 2.92. The largest absolute Gasteiger partial charge is 0.383 e. The smallest absolute Gasteiger partial charge is 0.233 e. The van der Waals surface area contributed by atoms with E-state index in [0.29, 0.717) is 17.9 Å². The summed E-state index contributed by atoms with van der Waals surface area (Å²) < 4.78 is 5.28. The van der Waals surface area contributed by atoms with Crippen molar-refractivity contribution in [2.45, 2.75) is 43.6 Å². The van der Waals surface area contributed by atoms with Gasteiger partial charge in [-0.25, -0.2) is 0 Å². The summed E-state index contributed by atoms with van der Waals surface area (Å²) in [5, 5.41) is 0.734. The number of rotatable bonds is 5. The normalized spacial score (nSPS) is 27.8. The fourth-order valence-corrected chi connectivity index (χ4v) is 5.18. The Morgan fingerprint density at radius 1 is 1.19 bits per heavy atom. The van der Waals surface area contributed by atoms with E-state index in [9.17, 15) is 4.79 Å². The van der Waals surface area contributed by atoms with Gasteiger partial charge in [0.2, 0.25) is 5.91 Å². The topological polar surface area (TPSA) is 32.8 Å². The summed E-state index contributed by atoms with van der Waals surface area (Å²) in [7, 11) is 1.76. The molecule has 1 amide bonds. The first-order valence-electron chi connectivity index (χ1n) is 9.91. The molecule has 4 fully saturated rings. The number of carbonyl (C=O) groups excluding carboxylic acids is 1. The van der Waals surface area contributed by atoms with E-state index in [0.717, 1.165) is 62.6 Å². The summed E-state index contributed by atoms with van der Waals surface area (Å²) in [5.41, 5.74) is 0.831. The molecule has 26 heavy (non-hydrogen) atoms. The van der Waals surface area contributed by atoms with Gasteiger partial charge in [-0.15, -0.1) is 0 Å². The molecule has 1 aromatic carbocycles. The van der Waals surface area contributed by atoms with Gasteiger partial charge in [0.1, 0.15) is 0 Å². The molecular weight excluding hydrogens is 348 g/mol. The fourth-order valence-electron chi connectivity index (χ4n) is 5.06. The van der Waals surface area contributed by atoms with Crippen LogP contribution in [0.15, 0.2) is 24.3 Å². The highest BCUT2D eigenvalue weighted by Crippen LogP contribution is 2.46. The predicted octanol–water partition coefficient (Wildman–Crippen LogP) is 3.33. The predicted molar refractivity (Wildman–Crippen MR) is 104 cm³/mol. The molecule has 0 N–H and O–H groups in total. The molecule has 0 radical (unpaired) electrons. The van der Waals surface area contributed by atoms with Gasteiger partial charge >= 0.3 is 0 Å². The van der Waals surface area contributed by atoms with E-state index in [1.54, 1.807) is 7.11 Å². The SMILES string of the molecule is COCCN1C[C@H]2CC[C@@H]1CN(C(=O)C1(c3ccc(Cl)cc3)CCC1)C2. The summed E-state index contributed by atoms with van der Waals surface area (Å²) in [4.78, 5) is 18.4. The Balaban J connectivity index is 1.53. The lowest BCUT2D eigenvalue weighted by atomic mass is 9.63. The van der Waals surface area contributed by atoms with E-state index in [-0.39, 0.29) is 5.41 Å². The summed E-state index contributed by atoms with van der Waals surface area (Å²) >= 11 is 6.07. The van der Waals surface area contributed by atoms with Crippen LogP contribution in [-0.2, 0) is 14.9 Å². The molecule has 3 aliphatic heterocycles. The first kappa shape index (κ1) is 18.3. The lowest BCUT2D eigenvalue weighted by molar-refractivity contribution is -0.141. The second-order valence-electron chi connectivity index (χ2n) is 8.24. The van der Waals surface area contributed by atoms with Crippen molar-refractivity contribution in [3.8, 4) is 0 Å². The van der Waals surface area contributed by atoms with Crippen LogP contribution in [0.2, 0.25) is 5.02 Å². The summed E-state index contributed by atoms with van der Waals surface area (Å²) in [6.07, 6.45) is 5.51. The third-order valence-electron chi connectivity index (χ3n) is 6.71. The highest BCUT2D eigenvalue weighted by Gasteiger charge is 2.49. The molecule has 5 heteroatoms. The van der Waals surface area contributed by atoms with Crippen LogP contribution in [0, 0.1) is 5.92 Å². The fraction of sp³-hybridized carbons (Fsp3) is 0.667. The molecule has 1 aromatic rings. The third kappa shape index (κ3) is 3.28. The summed E-state index contributed by atoms with van der Waals surface area (Å²) in [6.45, 7) is 4.63. The second-order valence-corrected chi connectivity index (χ2v) is 8.67. The molecular formula is C21H29ClN2O2. The van der Waals surface area contributed by atoms with Crippen LogP contribution in [0.3, 0.4) is 0 Å². The molecule has 3 heterocycles. The minimum Gasteiger partial charge on any atom is -0.383 e. The average molecular weight is 377 g/mol. The Morgan fingerprint density at radius 2 is 1.96 bits per heavy atom. The highest BCUT2D eigenvalue weighted by molar-refractivity contribution is 6.30. The van der Waals surface area contributed by atoms with Gasteiger partial charge in [-0.05, 0) is 49.3 Å². The summed E-state index contributed by atoms with van der Waals surface area (Å²) in [6, 6.07) is 8.43. The van der Waals surface area contributed by atoms with E-state index < -0.39 is 0 Å². The van der Waals surface area contributed by atoms with Gasteiger partial charge in [0, 0.05) is 44.4 Å². The summed E-state index contributed by atoms with van der Waals surface area (Å²) in [5.74, 6) is 0.938. The van der Waals surface area contributed by atoms with Crippen LogP contribution < -0.4 is 0 Å². The van der Waals surface area contributed by atoms with Crippen molar-refractivity contribution < 1.29 is 9.53 Å². The van der Waals surface area contributed by atoms with Crippen LogP contribution in [0.5, 0.6) is 0 Å². The lowest BCUT2D eigenvalue weighted by Crippen LogP contribution is -2.53. The third-order valence-corrected chi connectivity index (χ3v) is 6.96. The first-order valence-corrected chi connectivity index (χ1v) is 10.3. The number of benzene rings is 1. The Bertz CT molecular complexity index is 644. The quantitative estimate of drug-likeness (QED) is 0.790. The van der Waals surface area contributed by atoms with Crippen molar-refractivity contribution in [3.63, 3.8) is 0 Å². The number of methoxy groups -OCH3 is 1. The van der Waals surface area contributed by atoms with Crippen LogP contribution in [0.25, 0.3) is 0 Å².